The summed E-state index contributed by atoms with van der Waals surface area (Å²) >= 11 is 1.28. The molecule has 0 saturated carbocycles. The van der Waals surface area contributed by atoms with E-state index in [4.69, 9.17) is 14.2 Å². The van der Waals surface area contributed by atoms with Crippen molar-refractivity contribution in [3.8, 4) is 0 Å². The van der Waals surface area contributed by atoms with Gasteiger partial charge in [-0.05, 0) is 19.3 Å². The van der Waals surface area contributed by atoms with Crippen molar-refractivity contribution in [2.75, 3.05) is 30.0 Å². The molecule has 0 bridgehead atoms. The predicted octanol–water partition coefficient (Wildman–Crippen LogP) is 8.62. The van der Waals surface area contributed by atoms with Crippen LogP contribution in [0.3, 0.4) is 0 Å². The lowest BCUT2D eigenvalue weighted by atomic mass is 9.98. The number of hydrogen-bond acceptors (Lipinski definition) is 14. The summed E-state index contributed by atoms with van der Waals surface area (Å²) in [6.45, 7) is 5.87. The highest BCUT2D eigenvalue weighted by Gasteiger charge is 2.45. The van der Waals surface area contributed by atoms with Crippen LogP contribution in [0.25, 0.3) is 0 Å². The van der Waals surface area contributed by atoms with Crippen molar-refractivity contribution in [3.05, 3.63) is 6.20 Å². The number of hydrogen-bond donors (Lipinski definition) is 6. The molecular weight excluding hydrogens is 879 g/mol. The van der Waals surface area contributed by atoms with E-state index in [1.807, 2.05) is 0 Å². The lowest BCUT2D eigenvalue weighted by Crippen LogP contribution is -2.56. The Balaban J connectivity index is 2.06. The van der Waals surface area contributed by atoms with E-state index in [0.717, 1.165) is 68.9 Å². The zero-order chi connectivity index (χ0) is 48.9. The monoisotopic (exact) mass is 970 g/mol. The van der Waals surface area contributed by atoms with Gasteiger partial charge in [0, 0.05) is 30.8 Å². The Labute approximate surface area is 406 Å². The minimum absolute atomic E-state index is 0.0349. The fourth-order valence-electron chi connectivity index (χ4n) is 8.11. The molecule has 7 atom stereocenters. The molecule has 1 aromatic heterocycles. The van der Waals surface area contributed by atoms with E-state index < -0.39 is 55.3 Å². The summed E-state index contributed by atoms with van der Waals surface area (Å²) in [6, 6.07) is -1.04. The van der Waals surface area contributed by atoms with Crippen LogP contribution in [0.4, 0.5) is 5.82 Å². The Morgan fingerprint density at radius 2 is 1.13 bits per heavy atom. The van der Waals surface area contributed by atoms with E-state index in [9.17, 15) is 39.6 Å². The minimum atomic E-state index is -1.64. The van der Waals surface area contributed by atoms with Gasteiger partial charge in [-0.15, -0.1) is 5.10 Å². The van der Waals surface area contributed by atoms with Gasteiger partial charge < -0.3 is 45.3 Å². The summed E-state index contributed by atoms with van der Waals surface area (Å²) in [5, 5.41) is 54.1. The van der Waals surface area contributed by atoms with Crippen LogP contribution in [0.2, 0.25) is 0 Å². The molecular formula is C50H91N5O11S. The number of amides is 2. The van der Waals surface area contributed by atoms with Crippen LogP contribution in [0.15, 0.2) is 6.20 Å². The van der Waals surface area contributed by atoms with E-state index in [1.165, 1.54) is 114 Å². The van der Waals surface area contributed by atoms with Gasteiger partial charge in [-0.2, -0.15) is 11.8 Å². The second kappa shape index (κ2) is 39.0. The summed E-state index contributed by atoms with van der Waals surface area (Å²) in [6.07, 6.45) is 24.0. The molecule has 388 valence electrons. The molecule has 16 nitrogen and oxygen atoms in total. The van der Waals surface area contributed by atoms with Crippen LogP contribution in [0.1, 0.15) is 220 Å². The maximum Gasteiger partial charge on any atom is 0.306 e. The van der Waals surface area contributed by atoms with Crippen LogP contribution in [0.5, 0.6) is 0 Å². The van der Waals surface area contributed by atoms with Crippen molar-refractivity contribution in [1.29, 1.82) is 0 Å². The van der Waals surface area contributed by atoms with Gasteiger partial charge in [-0.25, -0.2) is 4.68 Å². The van der Waals surface area contributed by atoms with Crippen molar-refractivity contribution < 1.29 is 53.8 Å². The standard InChI is InChI=1S/C50H91N5O11S/c1-4-7-10-13-16-19-22-25-28-31-43(57)51-40(49(63)52-42-34-55(54-53-42)50-48(62)47(61)46(60)41(35-56)66-50)38-67-37-39(65-45(59)33-30-27-24-21-18-15-12-9-6-3)36-64-44(58)32-29-26-23-20-17-14-11-8-5-2/h34,39-41,46-48,50,56,60-62H,4-33,35-38H2,1-3H3,(H,51,57)(H,52,63)/t39-,40-,41?,46?,47?,48?,50-/m1/s1. The number of aromatic nitrogens is 3. The van der Waals surface area contributed by atoms with Crippen molar-refractivity contribution in [1.82, 2.24) is 20.3 Å². The molecule has 0 aromatic carbocycles. The van der Waals surface area contributed by atoms with Crippen molar-refractivity contribution in [2.45, 2.75) is 256 Å². The first-order valence-corrected chi connectivity index (χ1v) is 27.4. The topological polar surface area (TPSA) is 232 Å². The van der Waals surface area contributed by atoms with Gasteiger partial charge in [0.2, 0.25) is 11.8 Å². The third kappa shape index (κ3) is 27.8. The molecule has 0 radical (unpaired) electrons. The molecule has 4 unspecified atom stereocenters. The van der Waals surface area contributed by atoms with Gasteiger partial charge in [0.05, 0.1) is 12.8 Å². The number of nitrogens with one attached hydrogen (secondary N) is 2. The zero-order valence-corrected chi connectivity index (χ0v) is 42.4. The number of esters is 2. The first-order chi connectivity index (χ1) is 32.5. The third-order valence-corrected chi connectivity index (χ3v) is 13.5. The van der Waals surface area contributed by atoms with E-state index in [1.54, 1.807) is 0 Å². The van der Waals surface area contributed by atoms with Gasteiger partial charge in [0.1, 0.15) is 43.2 Å². The Bertz CT molecular complexity index is 1440. The van der Waals surface area contributed by atoms with E-state index >= 15 is 0 Å². The highest BCUT2D eigenvalue weighted by Crippen LogP contribution is 2.28. The number of rotatable bonds is 42. The summed E-state index contributed by atoms with van der Waals surface area (Å²) in [4.78, 5) is 52.9. The average molecular weight is 970 g/mol. The van der Waals surface area contributed by atoms with Crippen LogP contribution in [-0.2, 0) is 33.4 Å². The number of aliphatic hydroxyl groups excluding tert-OH is 4. The normalized spacial score (nSPS) is 19.2. The predicted molar refractivity (Wildman–Crippen MR) is 263 cm³/mol. The average Bonchev–Trinajstić information content (AvgIpc) is 3.78. The van der Waals surface area contributed by atoms with Gasteiger partial charge in [0.15, 0.2) is 12.0 Å². The second-order valence-electron chi connectivity index (χ2n) is 18.5. The SMILES string of the molecule is CCCCCCCCCCCC(=O)N[C@H](CSC[C@@H](COC(=O)CCCCCCCCCCC)OC(=O)CCCCCCCCCCC)C(=O)Nc1cn([C@@H]2OC(CO)C(O)C(O)C2O)nn1. The molecule has 67 heavy (non-hydrogen) atoms. The van der Waals surface area contributed by atoms with Crippen molar-refractivity contribution in [3.63, 3.8) is 0 Å². The third-order valence-electron chi connectivity index (χ3n) is 12.3. The molecule has 1 aliphatic heterocycles. The number of carbonyl (C=O) groups excluding carboxylic acids is 4. The van der Waals surface area contributed by atoms with E-state index in [-0.39, 0.29) is 61.0 Å². The number of nitrogens with zero attached hydrogens (tertiary/aromatic N) is 3. The lowest BCUT2D eigenvalue weighted by Gasteiger charge is -2.39. The number of unbranched alkanes of at least 4 members (excludes halogenated alkanes) is 24. The Morgan fingerprint density at radius 3 is 1.64 bits per heavy atom. The zero-order valence-electron chi connectivity index (χ0n) is 41.6. The minimum Gasteiger partial charge on any atom is -0.462 e. The summed E-state index contributed by atoms with van der Waals surface area (Å²) in [7, 11) is 0. The fraction of sp³-hybridized carbons (Fsp3) is 0.880. The Hall–Kier alpha value is -2.83. The molecule has 1 aromatic rings. The summed E-state index contributed by atoms with van der Waals surface area (Å²) < 4.78 is 18.1. The van der Waals surface area contributed by atoms with Crippen LogP contribution in [0, 0.1) is 0 Å². The molecule has 2 amide bonds. The number of aliphatic hydroxyl groups is 4. The molecule has 1 aliphatic rings. The molecule has 1 fully saturated rings. The van der Waals surface area contributed by atoms with Crippen LogP contribution >= 0.6 is 11.8 Å². The largest absolute Gasteiger partial charge is 0.462 e. The lowest BCUT2D eigenvalue weighted by molar-refractivity contribution is -0.254. The summed E-state index contributed by atoms with van der Waals surface area (Å²) in [5.74, 6) is -1.33. The first kappa shape index (κ1) is 60.3. The Morgan fingerprint density at radius 1 is 0.657 bits per heavy atom. The number of carbonyl (C=O) groups is 4. The van der Waals surface area contributed by atoms with Crippen LogP contribution in [-0.4, -0.2) is 120 Å². The Kier molecular flexibility index (Phi) is 35.1. The van der Waals surface area contributed by atoms with Gasteiger partial charge in [-0.3, -0.25) is 19.2 Å². The molecule has 2 heterocycles. The van der Waals surface area contributed by atoms with Crippen molar-refractivity contribution in [2.24, 2.45) is 0 Å². The quantitative estimate of drug-likeness (QED) is 0.0266. The maximum absolute atomic E-state index is 13.8. The molecule has 1 saturated heterocycles. The van der Waals surface area contributed by atoms with Crippen molar-refractivity contribution >= 4 is 41.3 Å². The molecule has 0 spiro atoms. The second-order valence-corrected chi connectivity index (χ2v) is 19.6. The summed E-state index contributed by atoms with van der Waals surface area (Å²) in [5.41, 5.74) is 0. The molecule has 17 heteroatoms. The smallest absolute Gasteiger partial charge is 0.306 e. The highest BCUT2D eigenvalue weighted by atomic mass is 32.2. The van der Waals surface area contributed by atoms with E-state index in [2.05, 4.69) is 41.7 Å². The highest BCUT2D eigenvalue weighted by molar-refractivity contribution is 7.99. The van der Waals surface area contributed by atoms with Gasteiger partial charge in [0.25, 0.3) is 0 Å². The number of anilines is 1. The molecule has 6 N–H and O–H groups in total. The van der Waals surface area contributed by atoms with Gasteiger partial charge in [-0.1, -0.05) is 180 Å². The van der Waals surface area contributed by atoms with Crippen LogP contribution < -0.4 is 10.6 Å². The van der Waals surface area contributed by atoms with Gasteiger partial charge >= 0.3 is 11.9 Å². The number of ether oxygens (including phenoxy) is 3. The molecule has 0 aliphatic carbocycles. The molecule has 2 rings (SSSR count). The fourth-order valence-corrected chi connectivity index (χ4v) is 9.15. The number of thioether (sulfide) groups is 1. The first-order valence-electron chi connectivity index (χ1n) is 26.3. The maximum atomic E-state index is 13.8. The van der Waals surface area contributed by atoms with E-state index in [0.29, 0.717) is 12.8 Å².